The van der Waals surface area contributed by atoms with Crippen LogP contribution in [-0.2, 0) is 0 Å². The van der Waals surface area contributed by atoms with E-state index in [9.17, 15) is 0 Å². The van der Waals surface area contributed by atoms with Crippen molar-refractivity contribution in [1.82, 2.24) is 4.98 Å². The Morgan fingerprint density at radius 1 is 1.38 bits per heavy atom. The zero-order valence-corrected chi connectivity index (χ0v) is 11.1. The highest BCUT2D eigenvalue weighted by molar-refractivity contribution is 9.10. The van der Waals surface area contributed by atoms with Crippen LogP contribution in [0.2, 0.25) is 0 Å². The first-order chi connectivity index (χ1) is 7.66. The summed E-state index contributed by atoms with van der Waals surface area (Å²) in [5, 5.41) is 3.44. The van der Waals surface area contributed by atoms with Gasteiger partial charge < -0.3 is 11.1 Å². The Bertz CT molecular complexity index is 367. The maximum Gasteiger partial charge on any atom is 0.126 e. The number of halogens is 1. The molecule has 1 aliphatic carbocycles. The van der Waals surface area contributed by atoms with E-state index in [0.29, 0.717) is 6.04 Å². The van der Waals surface area contributed by atoms with Gasteiger partial charge in [0.05, 0.1) is 5.69 Å². The predicted molar refractivity (Wildman–Crippen MR) is 70.5 cm³/mol. The van der Waals surface area contributed by atoms with E-state index in [1.54, 1.807) is 0 Å². The standard InChI is InChI=1S/C12H18BrN3/c1-8-9(13)6-7-12(15-8)16-11-5-3-2-4-10(11)14/h6-7,10-11H,2-5,14H2,1H3,(H,15,16)/t10-,11-/m1/s1. The molecule has 4 heteroatoms. The van der Waals surface area contributed by atoms with Crippen molar-refractivity contribution in [3.8, 4) is 0 Å². The van der Waals surface area contributed by atoms with Gasteiger partial charge in [-0.1, -0.05) is 12.8 Å². The summed E-state index contributed by atoms with van der Waals surface area (Å²) in [6.45, 7) is 2.00. The lowest BCUT2D eigenvalue weighted by atomic mass is 9.91. The van der Waals surface area contributed by atoms with Gasteiger partial charge >= 0.3 is 0 Å². The molecule has 1 aromatic heterocycles. The number of pyridine rings is 1. The van der Waals surface area contributed by atoms with E-state index in [1.807, 2.05) is 19.1 Å². The lowest BCUT2D eigenvalue weighted by Crippen LogP contribution is -2.42. The fourth-order valence-corrected chi connectivity index (χ4v) is 2.37. The van der Waals surface area contributed by atoms with Crippen LogP contribution in [0.1, 0.15) is 31.4 Å². The molecule has 0 bridgehead atoms. The molecule has 3 nitrogen and oxygen atoms in total. The largest absolute Gasteiger partial charge is 0.366 e. The number of hydrogen-bond donors (Lipinski definition) is 2. The molecule has 0 radical (unpaired) electrons. The molecule has 1 saturated carbocycles. The van der Waals surface area contributed by atoms with Gasteiger partial charge in [-0.25, -0.2) is 4.98 Å². The third-order valence-corrected chi connectivity index (χ3v) is 4.01. The van der Waals surface area contributed by atoms with Crippen LogP contribution >= 0.6 is 15.9 Å². The first kappa shape index (κ1) is 11.9. The van der Waals surface area contributed by atoms with Gasteiger partial charge in [-0.2, -0.15) is 0 Å². The smallest absolute Gasteiger partial charge is 0.126 e. The van der Waals surface area contributed by atoms with Crippen LogP contribution in [0.4, 0.5) is 5.82 Å². The number of nitrogens with two attached hydrogens (primary N) is 1. The van der Waals surface area contributed by atoms with Crippen molar-refractivity contribution in [3.63, 3.8) is 0 Å². The zero-order chi connectivity index (χ0) is 11.5. The fourth-order valence-electron chi connectivity index (χ4n) is 2.15. The van der Waals surface area contributed by atoms with E-state index >= 15 is 0 Å². The van der Waals surface area contributed by atoms with Crippen LogP contribution in [0.15, 0.2) is 16.6 Å². The molecule has 88 valence electrons. The number of nitrogens with zero attached hydrogens (tertiary/aromatic N) is 1. The van der Waals surface area contributed by atoms with Crippen LogP contribution in [-0.4, -0.2) is 17.1 Å². The molecule has 0 aromatic carbocycles. The topological polar surface area (TPSA) is 50.9 Å². The summed E-state index contributed by atoms with van der Waals surface area (Å²) in [6.07, 6.45) is 4.79. The first-order valence-electron chi connectivity index (χ1n) is 5.82. The molecule has 3 N–H and O–H groups in total. The summed E-state index contributed by atoms with van der Waals surface area (Å²) in [6, 6.07) is 4.67. The molecule has 0 saturated heterocycles. The minimum Gasteiger partial charge on any atom is -0.366 e. The van der Waals surface area contributed by atoms with Gasteiger partial charge in [0.25, 0.3) is 0 Å². The molecule has 1 aromatic rings. The summed E-state index contributed by atoms with van der Waals surface area (Å²) in [5.41, 5.74) is 7.10. The van der Waals surface area contributed by atoms with Gasteiger partial charge in [-0.15, -0.1) is 0 Å². The van der Waals surface area contributed by atoms with Gasteiger partial charge in [0.1, 0.15) is 5.82 Å². The van der Waals surface area contributed by atoms with E-state index in [4.69, 9.17) is 5.73 Å². The van der Waals surface area contributed by atoms with Crippen LogP contribution in [0.3, 0.4) is 0 Å². The minimum absolute atomic E-state index is 0.263. The molecule has 0 amide bonds. The number of rotatable bonds is 2. The van der Waals surface area contributed by atoms with Gasteiger partial charge in [0, 0.05) is 16.6 Å². The van der Waals surface area contributed by atoms with E-state index in [2.05, 4.69) is 26.2 Å². The molecule has 0 spiro atoms. The van der Waals surface area contributed by atoms with Crippen molar-refractivity contribution >= 4 is 21.7 Å². The number of nitrogens with one attached hydrogen (secondary N) is 1. The maximum absolute atomic E-state index is 6.10. The van der Waals surface area contributed by atoms with Gasteiger partial charge in [-0.05, 0) is 47.8 Å². The fraction of sp³-hybridized carbons (Fsp3) is 0.583. The Balaban J connectivity index is 2.05. The summed E-state index contributed by atoms with van der Waals surface area (Å²) in [4.78, 5) is 4.49. The second-order valence-corrected chi connectivity index (χ2v) is 5.32. The number of aryl methyl sites for hydroxylation is 1. The van der Waals surface area contributed by atoms with Crippen molar-refractivity contribution in [2.45, 2.75) is 44.7 Å². The van der Waals surface area contributed by atoms with E-state index < -0.39 is 0 Å². The van der Waals surface area contributed by atoms with Crippen LogP contribution in [0.25, 0.3) is 0 Å². The SMILES string of the molecule is Cc1nc(N[C@@H]2CCCC[C@H]2N)ccc1Br. The van der Waals surface area contributed by atoms with Crippen molar-refractivity contribution in [1.29, 1.82) is 0 Å². The Hall–Kier alpha value is -0.610. The van der Waals surface area contributed by atoms with Crippen molar-refractivity contribution in [3.05, 3.63) is 22.3 Å². The summed E-state index contributed by atoms with van der Waals surface area (Å²) in [5.74, 6) is 0.933. The zero-order valence-electron chi connectivity index (χ0n) is 9.54. The molecule has 0 unspecified atom stereocenters. The monoisotopic (exact) mass is 283 g/mol. The third kappa shape index (κ3) is 2.74. The summed E-state index contributed by atoms with van der Waals surface area (Å²) >= 11 is 3.45. The second-order valence-electron chi connectivity index (χ2n) is 4.46. The Kier molecular flexibility index (Phi) is 3.82. The van der Waals surface area contributed by atoms with Crippen LogP contribution < -0.4 is 11.1 Å². The lowest BCUT2D eigenvalue weighted by Gasteiger charge is -2.29. The number of anilines is 1. The summed E-state index contributed by atoms with van der Waals surface area (Å²) in [7, 11) is 0. The average Bonchev–Trinajstić information content (AvgIpc) is 2.27. The Morgan fingerprint density at radius 3 is 2.81 bits per heavy atom. The molecule has 0 aliphatic heterocycles. The predicted octanol–water partition coefficient (Wildman–Crippen LogP) is 2.83. The minimum atomic E-state index is 0.263. The van der Waals surface area contributed by atoms with Gasteiger partial charge in [0.15, 0.2) is 0 Å². The Morgan fingerprint density at radius 2 is 2.12 bits per heavy atom. The highest BCUT2D eigenvalue weighted by atomic mass is 79.9. The molecule has 1 fully saturated rings. The molecule has 2 rings (SSSR count). The molecule has 2 atom stereocenters. The summed E-state index contributed by atoms with van der Waals surface area (Å²) < 4.78 is 1.05. The van der Waals surface area contributed by atoms with E-state index in [1.165, 1.54) is 12.8 Å². The van der Waals surface area contributed by atoms with E-state index in [0.717, 1.165) is 28.8 Å². The average molecular weight is 284 g/mol. The quantitative estimate of drug-likeness (QED) is 0.878. The van der Waals surface area contributed by atoms with Crippen molar-refractivity contribution < 1.29 is 0 Å². The highest BCUT2D eigenvalue weighted by Crippen LogP contribution is 2.22. The second kappa shape index (κ2) is 5.15. The molecular weight excluding hydrogens is 266 g/mol. The molecular formula is C12H18BrN3. The Labute approximate surface area is 105 Å². The van der Waals surface area contributed by atoms with Crippen LogP contribution in [0, 0.1) is 6.92 Å². The molecule has 1 aliphatic rings. The van der Waals surface area contributed by atoms with Crippen LogP contribution in [0.5, 0.6) is 0 Å². The van der Waals surface area contributed by atoms with Gasteiger partial charge in [-0.3, -0.25) is 0 Å². The molecule has 1 heterocycles. The highest BCUT2D eigenvalue weighted by Gasteiger charge is 2.21. The van der Waals surface area contributed by atoms with Crippen molar-refractivity contribution in [2.75, 3.05) is 5.32 Å². The molecule has 16 heavy (non-hydrogen) atoms. The maximum atomic E-state index is 6.10. The van der Waals surface area contributed by atoms with Crippen molar-refractivity contribution in [2.24, 2.45) is 5.73 Å². The van der Waals surface area contributed by atoms with Gasteiger partial charge in [0.2, 0.25) is 0 Å². The lowest BCUT2D eigenvalue weighted by molar-refractivity contribution is 0.403. The number of hydrogen-bond acceptors (Lipinski definition) is 3. The third-order valence-electron chi connectivity index (χ3n) is 3.17. The first-order valence-corrected chi connectivity index (χ1v) is 6.61. The normalized spacial score (nSPS) is 25.4. The van der Waals surface area contributed by atoms with E-state index in [-0.39, 0.29) is 6.04 Å². The number of aromatic nitrogens is 1.